The standard InChI is InChI=1S/C12H14ClF3N2O/c13-10-4-9(12(14,15)16)5-11(18-10)17-6-8-2-1-3-19-7-8/h4-5,8H,1-3,6-7H2,(H,17,18). The first-order valence-corrected chi connectivity index (χ1v) is 6.39. The molecular weight excluding hydrogens is 281 g/mol. The third kappa shape index (κ3) is 4.24. The molecular formula is C12H14ClF3N2O. The zero-order valence-corrected chi connectivity index (χ0v) is 10.9. The van der Waals surface area contributed by atoms with Crippen molar-refractivity contribution in [3.63, 3.8) is 0 Å². The van der Waals surface area contributed by atoms with Gasteiger partial charge in [0.1, 0.15) is 11.0 Å². The maximum Gasteiger partial charge on any atom is 0.416 e. The van der Waals surface area contributed by atoms with E-state index >= 15 is 0 Å². The highest BCUT2D eigenvalue weighted by atomic mass is 35.5. The van der Waals surface area contributed by atoms with E-state index in [9.17, 15) is 13.2 Å². The number of halogens is 4. The fourth-order valence-electron chi connectivity index (χ4n) is 1.97. The van der Waals surface area contributed by atoms with Crippen LogP contribution in [0.5, 0.6) is 0 Å². The molecule has 0 bridgehead atoms. The molecule has 106 valence electrons. The summed E-state index contributed by atoms with van der Waals surface area (Å²) in [6.07, 6.45) is -2.44. The third-order valence-corrected chi connectivity index (χ3v) is 3.14. The molecule has 1 saturated heterocycles. The molecule has 0 amide bonds. The molecule has 19 heavy (non-hydrogen) atoms. The topological polar surface area (TPSA) is 34.2 Å². The van der Waals surface area contributed by atoms with Crippen LogP contribution in [-0.4, -0.2) is 24.7 Å². The van der Waals surface area contributed by atoms with E-state index in [1.54, 1.807) is 0 Å². The number of ether oxygens (including phenoxy) is 1. The van der Waals surface area contributed by atoms with Gasteiger partial charge in [-0.1, -0.05) is 11.6 Å². The molecule has 1 aromatic rings. The maximum absolute atomic E-state index is 12.6. The number of pyridine rings is 1. The van der Waals surface area contributed by atoms with Crippen molar-refractivity contribution >= 4 is 17.4 Å². The zero-order valence-electron chi connectivity index (χ0n) is 10.1. The van der Waals surface area contributed by atoms with E-state index in [0.29, 0.717) is 19.1 Å². The van der Waals surface area contributed by atoms with Crippen LogP contribution >= 0.6 is 11.6 Å². The van der Waals surface area contributed by atoms with Crippen molar-refractivity contribution in [2.24, 2.45) is 5.92 Å². The monoisotopic (exact) mass is 294 g/mol. The number of nitrogens with zero attached hydrogens (tertiary/aromatic N) is 1. The zero-order chi connectivity index (χ0) is 13.9. The van der Waals surface area contributed by atoms with Gasteiger partial charge in [0.25, 0.3) is 0 Å². The predicted octanol–water partition coefficient (Wildman–Crippen LogP) is 3.59. The smallest absolute Gasteiger partial charge is 0.381 e. The first-order valence-electron chi connectivity index (χ1n) is 6.01. The van der Waals surface area contributed by atoms with E-state index in [4.69, 9.17) is 16.3 Å². The van der Waals surface area contributed by atoms with Crippen molar-refractivity contribution < 1.29 is 17.9 Å². The summed E-state index contributed by atoms with van der Waals surface area (Å²) in [5.74, 6) is 0.439. The molecule has 1 aliphatic rings. The Kier molecular flexibility index (Phi) is 4.52. The number of hydrogen-bond donors (Lipinski definition) is 1. The number of hydrogen-bond acceptors (Lipinski definition) is 3. The Morgan fingerprint density at radius 2 is 2.21 bits per heavy atom. The number of nitrogens with one attached hydrogen (secondary N) is 1. The van der Waals surface area contributed by atoms with Crippen LogP contribution in [0.2, 0.25) is 5.15 Å². The molecule has 2 heterocycles. The molecule has 0 radical (unpaired) electrons. The lowest BCUT2D eigenvalue weighted by molar-refractivity contribution is -0.137. The van der Waals surface area contributed by atoms with Gasteiger partial charge in [-0.15, -0.1) is 0 Å². The van der Waals surface area contributed by atoms with E-state index < -0.39 is 11.7 Å². The number of alkyl halides is 3. The predicted molar refractivity (Wildman–Crippen MR) is 66.3 cm³/mol. The summed E-state index contributed by atoms with van der Waals surface area (Å²) >= 11 is 5.60. The Morgan fingerprint density at radius 1 is 1.42 bits per heavy atom. The average Bonchev–Trinajstić information content (AvgIpc) is 2.36. The molecule has 1 fully saturated rings. The minimum absolute atomic E-state index is 0.144. The summed E-state index contributed by atoms with van der Waals surface area (Å²) in [4.78, 5) is 3.85. The minimum atomic E-state index is -4.42. The van der Waals surface area contributed by atoms with E-state index in [0.717, 1.165) is 31.6 Å². The van der Waals surface area contributed by atoms with Gasteiger partial charge in [0.15, 0.2) is 0 Å². The van der Waals surface area contributed by atoms with Crippen molar-refractivity contribution in [3.05, 3.63) is 22.8 Å². The van der Waals surface area contributed by atoms with Gasteiger partial charge in [-0.05, 0) is 30.9 Å². The van der Waals surface area contributed by atoms with Crippen LogP contribution in [0.3, 0.4) is 0 Å². The molecule has 1 aliphatic heterocycles. The van der Waals surface area contributed by atoms with Crippen LogP contribution in [-0.2, 0) is 10.9 Å². The third-order valence-electron chi connectivity index (χ3n) is 2.95. The Balaban J connectivity index is 2.01. The van der Waals surface area contributed by atoms with Gasteiger partial charge in [-0.25, -0.2) is 4.98 Å². The van der Waals surface area contributed by atoms with Gasteiger partial charge in [0.2, 0.25) is 0 Å². The van der Waals surface area contributed by atoms with Crippen LogP contribution in [0.15, 0.2) is 12.1 Å². The van der Waals surface area contributed by atoms with Crippen LogP contribution in [0.25, 0.3) is 0 Å². The summed E-state index contributed by atoms with van der Waals surface area (Å²) in [5.41, 5.74) is -0.796. The second-order valence-corrected chi connectivity index (χ2v) is 4.91. The first-order chi connectivity index (χ1) is 8.95. The van der Waals surface area contributed by atoms with Crippen molar-refractivity contribution in [2.75, 3.05) is 25.1 Å². The highest BCUT2D eigenvalue weighted by molar-refractivity contribution is 6.29. The van der Waals surface area contributed by atoms with Crippen molar-refractivity contribution in [3.8, 4) is 0 Å². The van der Waals surface area contributed by atoms with E-state index in [2.05, 4.69) is 10.3 Å². The van der Waals surface area contributed by atoms with Gasteiger partial charge < -0.3 is 10.1 Å². The summed E-state index contributed by atoms with van der Waals surface area (Å²) in [6.45, 7) is 1.91. The molecule has 3 nitrogen and oxygen atoms in total. The number of rotatable bonds is 3. The van der Waals surface area contributed by atoms with Gasteiger partial charge in [0, 0.05) is 13.2 Å². The van der Waals surface area contributed by atoms with Crippen molar-refractivity contribution in [2.45, 2.75) is 19.0 Å². The molecule has 1 atom stereocenters. The summed E-state index contributed by atoms with van der Waals surface area (Å²) < 4.78 is 43.1. The van der Waals surface area contributed by atoms with Crippen LogP contribution < -0.4 is 5.32 Å². The Bertz CT molecular complexity index is 433. The van der Waals surface area contributed by atoms with E-state index in [1.807, 2.05) is 0 Å². The molecule has 7 heteroatoms. The summed E-state index contributed by atoms with van der Waals surface area (Å²) in [5, 5.41) is 2.72. The molecule has 0 saturated carbocycles. The van der Waals surface area contributed by atoms with Gasteiger partial charge in [-0.3, -0.25) is 0 Å². The summed E-state index contributed by atoms with van der Waals surface area (Å²) in [6, 6.07) is 1.78. The molecule has 1 aromatic heterocycles. The molecule has 1 N–H and O–H groups in total. The van der Waals surface area contributed by atoms with Crippen molar-refractivity contribution in [1.29, 1.82) is 0 Å². The number of aromatic nitrogens is 1. The largest absolute Gasteiger partial charge is 0.416 e. The van der Waals surface area contributed by atoms with Gasteiger partial charge >= 0.3 is 6.18 Å². The van der Waals surface area contributed by atoms with E-state index in [-0.39, 0.29) is 11.0 Å². The quantitative estimate of drug-likeness (QED) is 0.865. The fraction of sp³-hybridized carbons (Fsp3) is 0.583. The lowest BCUT2D eigenvalue weighted by Crippen LogP contribution is -2.24. The van der Waals surface area contributed by atoms with Crippen LogP contribution in [0.1, 0.15) is 18.4 Å². The second kappa shape index (κ2) is 5.96. The Labute approximate surface area is 114 Å². The molecule has 1 unspecified atom stereocenters. The second-order valence-electron chi connectivity index (χ2n) is 4.53. The molecule has 2 rings (SSSR count). The lowest BCUT2D eigenvalue weighted by atomic mass is 10.0. The molecule has 0 aliphatic carbocycles. The fourth-order valence-corrected chi connectivity index (χ4v) is 2.18. The molecule has 0 spiro atoms. The highest BCUT2D eigenvalue weighted by Gasteiger charge is 2.31. The van der Waals surface area contributed by atoms with Crippen molar-refractivity contribution in [1.82, 2.24) is 4.98 Å². The normalized spacial score (nSPS) is 20.3. The number of anilines is 1. The Hall–Kier alpha value is -1.01. The Morgan fingerprint density at radius 3 is 2.84 bits per heavy atom. The first kappa shape index (κ1) is 14.4. The highest BCUT2D eigenvalue weighted by Crippen LogP contribution is 2.32. The van der Waals surface area contributed by atoms with Crippen LogP contribution in [0.4, 0.5) is 19.0 Å². The van der Waals surface area contributed by atoms with E-state index in [1.165, 1.54) is 0 Å². The van der Waals surface area contributed by atoms with Gasteiger partial charge in [0.05, 0.1) is 12.2 Å². The minimum Gasteiger partial charge on any atom is -0.381 e. The summed E-state index contributed by atoms with van der Waals surface area (Å²) in [7, 11) is 0. The SMILES string of the molecule is FC(F)(F)c1cc(Cl)nc(NCC2CCCOC2)c1. The molecule has 0 aromatic carbocycles. The van der Waals surface area contributed by atoms with Gasteiger partial charge in [-0.2, -0.15) is 13.2 Å². The average molecular weight is 295 g/mol. The lowest BCUT2D eigenvalue weighted by Gasteiger charge is -2.22. The van der Waals surface area contributed by atoms with Crippen LogP contribution in [0, 0.1) is 5.92 Å². The maximum atomic E-state index is 12.6.